The average Bonchev–Trinajstić information content (AvgIpc) is 1.97. The van der Waals surface area contributed by atoms with Gasteiger partial charge in [0.15, 0.2) is 0 Å². The second-order valence-corrected chi connectivity index (χ2v) is 2.75. The standard InChI is InChI=1S/C8H10ClNO/c1-5-3-7(10)8(11-2)4-6(5)9/h3-4H,10H2,1-2H3. The molecule has 0 unspecified atom stereocenters. The summed E-state index contributed by atoms with van der Waals surface area (Å²) in [5.74, 6) is 0.626. The number of ether oxygens (including phenoxy) is 1. The Balaban J connectivity index is 3.21. The van der Waals surface area contributed by atoms with E-state index in [9.17, 15) is 0 Å². The summed E-state index contributed by atoms with van der Waals surface area (Å²) in [7, 11) is 1.57. The van der Waals surface area contributed by atoms with Crippen molar-refractivity contribution in [2.75, 3.05) is 12.8 Å². The van der Waals surface area contributed by atoms with E-state index in [1.54, 1.807) is 19.2 Å². The zero-order chi connectivity index (χ0) is 8.43. The van der Waals surface area contributed by atoms with Gasteiger partial charge in [-0.2, -0.15) is 0 Å². The zero-order valence-corrected chi connectivity index (χ0v) is 7.27. The summed E-state index contributed by atoms with van der Waals surface area (Å²) in [6.07, 6.45) is 0. The zero-order valence-electron chi connectivity index (χ0n) is 6.52. The first-order valence-corrected chi connectivity index (χ1v) is 3.62. The molecule has 2 nitrogen and oxygen atoms in total. The van der Waals surface area contributed by atoms with Gasteiger partial charge in [-0.15, -0.1) is 0 Å². The molecule has 0 radical (unpaired) electrons. The molecule has 1 rings (SSSR count). The molecule has 0 heterocycles. The van der Waals surface area contributed by atoms with Crippen LogP contribution in [0, 0.1) is 6.92 Å². The van der Waals surface area contributed by atoms with E-state index in [1.165, 1.54) is 0 Å². The van der Waals surface area contributed by atoms with Crippen molar-refractivity contribution in [1.29, 1.82) is 0 Å². The van der Waals surface area contributed by atoms with Crippen molar-refractivity contribution >= 4 is 17.3 Å². The summed E-state index contributed by atoms with van der Waals surface area (Å²) in [6.45, 7) is 1.90. The molecule has 11 heavy (non-hydrogen) atoms. The van der Waals surface area contributed by atoms with Crippen molar-refractivity contribution in [2.24, 2.45) is 0 Å². The highest BCUT2D eigenvalue weighted by atomic mass is 35.5. The molecule has 0 saturated heterocycles. The van der Waals surface area contributed by atoms with Crippen LogP contribution in [0.5, 0.6) is 5.75 Å². The van der Waals surface area contributed by atoms with E-state index < -0.39 is 0 Å². The fourth-order valence-corrected chi connectivity index (χ4v) is 1.02. The second-order valence-electron chi connectivity index (χ2n) is 2.34. The molecule has 0 aromatic heterocycles. The lowest BCUT2D eigenvalue weighted by molar-refractivity contribution is 0.417. The molecule has 0 aliphatic carbocycles. The molecule has 1 aromatic rings. The molecule has 3 heteroatoms. The van der Waals surface area contributed by atoms with Gasteiger partial charge in [0.05, 0.1) is 12.8 Å². The van der Waals surface area contributed by atoms with Crippen molar-refractivity contribution < 1.29 is 4.74 Å². The Bertz CT molecular complexity index is 273. The Labute approximate surface area is 70.9 Å². The molecule has 0 aliphatic heterocycles. The summed E-state index contributed by atoms with van der Waals surface area (Å²) in [6, 6.07) is 3.51. The number of hydrogen-bond donors (Lipinski definition) is 1. The molecular formula is C8H10ClNO. The molecule has 2 N–H and O–H groups in total. The normalized spacial score (nSPS) is 9.73. The molecule has 0 saturated carbocycles. The van der Waals surface area contributed by atoms with Gasteiger partial charge in [-0.1, -0.05) is 11.6 Å². The maximum Gasteiger partial charge on any atom is 0.143 e. The lowest BCUT2D eigenvalue weighted by Crippen LogP contribution is -1.92. The maximum atomic E-state index is 5.83. The van der Waals surface area contributed by atoms with Gasteiger partial charge >= 0.3 is 0 Å². The van der Waals surface area contributed by atoms with Crippen LogP contribution in [0.25, 0.3) is 0 Å². The first-order valence-electron chi connectivity index (χ1n) is 3.24. The molecule has 0 spiro atoms. The van der Waals surface area contributed by atoms with Gasteiger partial charge in [-0.3, -0.25) is 0 Å². The van der Waals surface area contributed by atoms with Crippen LogP contribution < -0.4 is 10.5 Å². The van der Waals surface area contributed by atoms with Crippen LogP contribution in [0.4, 0.5) is 5.69 Å². The molecule has 0 fully saturated rings. The molecule has 60 valence electrons. The Kier molecular flexibility index (Phi) is 2.25. The third kappa shape index (κ3) is 1.57. The smallest absolute Gasteiger partial charge is 0.143 e. The minimum absolute atomic E-state index is 0.620. The van der Waals surface area contributed by atoms with Gasteiger partial charge in [0.1, 0.15) is 5.75 Å². The number of benzene rings is 1. The Morgan fingerprint density at radius 3 is 2.64 bits per heavy atom. The molecule has 0 bridgehead atoms. The second kappa shape index (κ2) is 3.01. The Hall–Kier alpha value is -0.890. The number of nitrogen functional groups attached to an aromatic ring is 1. The molecule has 1 aromatic carbocycles. The monoisotopic (exact) mass is 171 g/mol. The predicted octanol–water partition coefficient (Wildman–Crippen LogP) is 2.24. The van der Waals surface area contributed by atoms with Crippen LogP contribution in [0.1, 0.15) is 5.56 Å². The number of aryl methyl sites for hydroxylation is 1. The predicted molar refractivity (Wildman–Crippen MR) is 47.2 cm³/mol. The van der Waals surface area contributed by atoms with E-state index in [2.05, 4.69) is 0 Å². The quantitative estimate of drug-likeness (QED) is 0.658. The summed E-state index contributed by atoms with van der Waals surface area (Å²) in [5.41, 5.74) is 7.20. The highest BCUT2D eigenvalue weighted by Crippen LogP contribution is 2.28. The van der Waals surface area contributed by atoms with Gasteiger partial charge in [0.25, 0.3) is 0 Å². The van der Waals surface area contributed by atoms with E-state index in [0.29, 0.717) is 16.5 Å². The SMILES string of the molecule is COc1cc(Cl)c(C)cc1N. The molecule has 0 amide bonds. The number of nitrogens with two attached hydrogens (primary N) is 1. The van der Waals surface area contributed by atoms with Gasteiger partial charge in [-0.05, 0) is 18.6 Å². The first-order chi connectivity index (χ1) is 5.15. The van der Waals surface area contributed by atoms with Crippen LogP contribution >= 0.6 is 11.6 Å². The van der Waals surface area contributed by atoms with Crippen LogP contribution in [-0.2, 0) is 0 Å². The van der Waals surface area contributed by atoms with Crippen molar-refractivity contribution in [1.82, 2.24) is 0 Å². The summed E-state index contributed by atoms with van der Waals surface area (Å²) in [4.78, 5) is 0. The van der Waals surface area contributed by atoms with Crippen molar-refractivity contribution in [2.45, 2.75) is 6.92 Å². The topological polar surface area (TPSA) is 35.2 Å². The van der Waals surface area contributed by atoms with Gasteiger partial charge < -0.3 is 10.5 Å². The number of hydrogen-bond acceptors (Lipinski definition) is 2. The van der Waals surface area contributed by atoms with Crippen LogP contribution in [0.2, 0.25) is 5.02 Å². The van der Waals surface area contributed by atoms with Crippen molar-refractivity contribution in [3.8, 4) is 5.75 Å². The highest BCUT2D eigenvalue weighted by Gasteiger charge is 2.02. The third-order valence-electron chi connectivity index (χ3n) is 1.51. The van der Waals surface area contributed by atoms with Crippen LogP contribution in [-0.4, -0.2) is 7.11 Å². The Morgan fingerprint density at radius 1 is 1.45 bits per heavy atom. The minimum Gasteiger partial charge on any atom is -0.495 e. The van der Waals surface area contributed by atoms with Gasteiger partial charge in [-0.25, -0.2) is 0 Å². The Morgan fingerprint density at radius 2 is 2.09 bits per heavy atom. The van der Waals surface area contributed by atoms with Crippen LogP contribution in [0.3, 0.4) is 0 Å². The lowest BCUT2D eigenvalue weighted by atomic mass is 10.2. The average molecular weight is 172 g/mol. The van der Waals surface area contributed by atoms with Crippen molar-refractivity contribution in [3.05, 3.63) is 22.7 Å². The van der Waals surface area contributed by atoms with E-state index in [4.69, 9.17) is 22.1 Å². The number of rotatable bonds is 1. The fraction of sp³-hybridized carbons (Fsp3) is 0.250. The van der Waals surface area contributed by atoms with Gasteiger partial charge in [0.2, 0.25) is 0 Å². The van der Waals surface area contributed by atoms with Crippen molar-refractivity contribution in [3.63, 3.8) is 0 Å². The molecule has 0 aliphatic rings. The first kappa shape index (κ1) is 8.21. The highest BCUT2D eigenvalue weighted by molar-refractivity contribution is 6.31. The van der Waals surface area contributed by atoms with Gasteiger partial charge in [0, 0.05) is 11.1 Å². The minimum atomic E-state index is 0.620. The number of halogens is 1. The lowest BCUT2D eigenvalue weighted by Gasteiger charge is -2.05. The largest absolute Gasteiger partial charge is 0.495 e. The summed E-state index contributed by atoms with van der Waals surface area (Å²) in [5, 5.41) is 0.677. The van der Waals surface area contributed by atoms with E-state index in [1.807, 2.05) is 6.92 Å². The third-order valence-corrected chi connectivity index (χ3v) is 1.92. The van der Waals surface area contributed by atoms with E-state index in [-0.39, 0.29) is 0 Å². The molecular weight excluding hydrogens is 162 g/mol. The van der Waals surface area contributed by atoms with E-state index in [0.717, 1.165) is 5.56 Å². The maximum absolute atomic E-state index is 5.83. The fourth-order valence-electron chi connectivity index (χ4n) is 0.862. The van der Waals surface area contributed by atoms with Crippen LogP contribution in [0.15, 0.2) is 12.1 Å². The summed E-state index contributed by atoms with van der Waals surface area (Å²) >= 11 is 5.83. The molecule has 0 atom stereocenters. The summed E-state index contributed by atoms with van der Waals surface area (Å²) < 4.78 is 4.97. The number of methoxy groups -OCH3 is 1. The van der Waals surface area contributed by atoms with E-state index >= 15 is 0 Å². The number of anilines is 1.